The molecule has 1 aromatic rings. The standard InChI is InChI=1S/C13H19FN2O3S/c1-10-3-2-4-13(17,6-10)9-16-20(18,19)12-5-11(14)7-15-8-12/h5,7-8,10,16-17H,2-4,6,9H2,1H3. The fourth-order valence-electron chi connectivity index (χ4n) is 2.64. The molecule has 2 unspecified atom stereocenters. The van der Waals surface area contributed by atoms with Gasteiger partial charge < -0.3 is 5.11 Å². The molecule has 0 radical (unpaired) electrons. The second kappa shape index (κ2) is 5.75. The van der Waals surface area contributed by atoms with Crippen LogP contribution in [0.4, 0.5) is 4.39 Å². The zero-order valence-corrected chi connectivity index (χ0v) is 12.2. The lowest BCUT2D eigenvalue weighted by atomic mass is 9.79. The van der Waals surface area contributed by atoms with Crippen molar-refractivity contribution in [2.45, 2.75) is 43.1 Å². The van der Waals surface area contributed by atoms with E-state index in [0.29, 0.717) is 18.8 Å². The Bertz CT molecular complexity index is 579. The lowest BCUT2D eigenvalue weighted by Gasteiger charge is -2.35. The molecule has 0 spiro atoms. The number of nitrogens with zero attached hydrogens (tertiary/aromatic N) is 1. The first-order valence-corrected chi connectivity index (χ1v) is 8.12. The molecule has 7 heteroatoms. The molecule has 1 aliphatic carbocycles. The summed E-state index contributed by atoms with van der Waals surface area (Å²) in [6.45, 7) is 1.98. The molecule has 1 saturated carbocycles. The highest BCUT2D eigenvalue weighted by Crippen LogP contribution is 2.31. The summed E-state index contributed by atoms with van der Waals surface area (Å²) in [6.07, 6.45) is 5.08. The smallest absolute Gasteiger partial charge is 0.242 e. The Balaban J connectivity index is 2.06. The lowest BCUT2D eigenvalue weighted by molar-refractivity contribution is -0.00751. The Labute approximate surface area is 118 Å². The van der Waals surface area contributed by atoms with E-state index in [4.69, 9.17) is 0 Å². The van der Waals surface area contributed by atoms with Crippen LogP contribution in [0.2, 0.25) is 0 Å². The molecule has 1 aromatic heterocycles. The molecule has 2 rings (SSSR count). The third-order valence-electron chi connectivity index (χ3n) is 3.65. The van der Waals surface area contributed by atoms with Gasteiger partial charge in [0.2, 0.25) is 10.0 Å². The minimum atomic E-state index is -3.85. The summed E-state index contributed by atoms with van der Waals surface area (Å²) in [7, 11) is -3.85. The molecular formula is C13H19FN2O3S. The van der Waals surface area contributed by atoms with Crippen LogP contribution in [0, 0.1) is 11.7 Å². The number of halogens is 1. The van der Waals surface area contributed by atoms with E-state index in [0.717, 1.165) is 31.3 Å². The van der Waals surface area contributed by atoms with Crippen molar-refractivity contribution in [1.29, 1.82) is 0 Å². The van der Waals surface area contributed by atoms with Gasteiger partial charge in [-0.3, -0.25) is 4.98 Å². The van der Waals surface area contributed by atoms with Gasteiger partial charge in [-0.05, 0) is 24.8 Å². The average molecular weight is 302 g/mol. The van der Waals surface area contributed by atoms with Crippen LogP contribution in [0.1, 0.15) is 32.6 Å². The SMILES string of the molecule is CC1CCCC(O)(CNS(=O)(=O)c2cncc(F)c2)C1. The van der Waals surface area contributed by atoms with E-state index < -0.39 is 21.4 Å². The topological polar surface area (TPSA) is 79.3 Å². The number of sulfonamides is 1. The molecule has 0 saturated heterocycles. The molecule has 1 fully saturated rings. The summed E-state index contributed by atoms with van der Waals surface area (Å²) >= 11 is 0. The van der Waals surface area contributed by atoms with Crippen LogP contribution >= 0.6 is 0 Å². The maximum Gasteiger partial charge on any atom is 0.242 e. The minimum absolute atomic E-state index is 0.0593. The predicted molar refractivity (Wildman–Crippen MR) is 72.0 cm³/mol. The lowest BCUT2D eigenvalue weighted by Crippen LogP contribution is -2.45. The first kappa shape index (κ1) is 15.3. The van der Waals surface area contributed by atoms with Crippen LogP contribution in [0.15, 0.2) is 23.4 Å². The zero-order chi connectivity index (χ0) is 14.8. The number of aromatic nitrogens is 1. The van der Waals surface area contributed by atoms with E-state index >= 15 is 0 Å². The predicted octanol–water partition coefficient (Wildman–Crippen LogP) is 1.44. The van der Waals surface area contributed by atoms with Gasteiger partial charge >= 0.3 is 0 Å². The van der Waals surface area contributed by atoms with Gasteiger partial charge in [-0.2, -0.15) is 0 Å². The normalized spacial score (nSPS) is 27.4. The number of aliphatic hydroxyl groups is 1. The molecule has 2 N–H and O–H groups in total. The van der Waals surface area contributed by atoms with Gasteiger partial charge in [-0.15, -0.1) is 0 Å². The Morgan fingerprint density at radius 3 is 2.95 bits per heavy atom. The highest BCUT2D eigenvalue weighted by Gasteiger charge is 2.33. The molecule has 1 aliphatic rings. The van der Waals surface area contributed by atoms with Gasteiger partial charge in [0.15, 0.2) is 0 Å². The van der Waals surface area contributed by atoms with E-state index in [9.17, 15) is 17.9 Å². The van der Waals surface area contributed by atoms with Gasteiger partial charge in [0.1, 0.15) is 10.7 Å². The second-order valence-electron chi connectivity index (χ2n) is 5.59. The number of hydrogen-bond donors (Lipinski definition) is 2. The van der Waals surface area contributed by atoms with Crippen LogP contribution in [-0.4, -0.2) is 30.7 Å². The fraction of sp³-hybridized carbons (Fsp3) is 0.615. The second-order valence-corrected chi connectivity index (χ2v) is 7.36. The Morgan fingerprint density at radius 1 is 1.55 bits per heavy atom. The molecule has 0 aromatic carbocycles. The van der Waals surface area contributed by atoms with Gasteiger partial charge in [0.25, 0.3) is 0 Å². The summed E-state index contributed by atoms with van der Waals surface area (Å²) in [4.78, 5) is 3.29. The summed E-state index contributed by atoms with van der Waals surface area (Å²) in [5.41, 5.74) is -1.02. The first-order chi connectivity index (χ1) is 9.31. The molecule has 0 aliphatic heterocycles. The largest absolute Gasteiger partial charge is 0.389 e. The van der Waals surface area contributed by atoms with Crippen LogP contribution in [0.25, 0.3) is 0 Å². The van der Waals surface area contributed by atoms with Crippen molar-refractivity contribution in [2.24, 2.45) is 5.92 Å². The number of hydrogen-bond acceptors (Lipinski definition) is 4. The van der Waals surface area contributed by atoms with E-state index in [1.165, 1.54) is 0 Å². The van der Waals surface area contributed by atoms with E-state index in [2.05, 4.69) is 9.71 Å². The van der Waals surface area contributed by atoms with E-state index in [-0.39, 0.29) is 11.4 Å². The highest BCUT2D eigenvalue weighted by molar-refractivity contribution is 7.89. The fourth-order valence-corrected chi connectivity index (χ4v) is 3.74. The molecule has 5 nitrogen and oxygen atoms in total. The third kappa shape index (κ3) is 3.74. The van der Waals surface area contributed by atoms with Crippen molar-refractivity contribution in [3.8, 4) is 0 Å². The maximum atomic E-state index is 13.0. The van der Waals surface area contributed by atoms with Crippen molar-refractivity contribution < 1.29 is 17.9 Å². The minimum Gasteiger partial charge on any atom is -0.389 e. The molecule has 2 atom stereocenters. The summed E-state index contributed by atoms with van der Waals surface area (Å²) in [5, 5.41) is 10.4. The van der Waals surface area contributed by atoms with Crippen LogP contribution in [0.5, 0.6) is 0 Å². The maximum absolute atomic E-state index is 13.0. The Kier molecular flexibility index (Phi) is 4.41. The molecule has 112 valence electrons. The molecule has 20 heavy (non-hydrogen) atoms. The summed E-state index contributed by atoms with van der Waals surface area (Å²) < 4.78 is 39.4. The summed E-state index contributed by atoms with van der Waals surface area (Å²) in [6, 6.07) is 0.906. The number of pyridine rings is 1. The monoisotopic (exact) mass is 302 g/mol. The molecule has 0 bridgehead atoms. The average Bonchev–Trinajstić information content (AvgIpc) is 2.37. The third-order valence-corrected chi connectivity index (χ3v) is 5.02. The summed E-state index contributed by atoms with van der Waals surface area (Å²) in [5.74, 6) is -0.341. The van der Waals surface area contributed by atoms with Crippen molar-refractivity contribution >= 4 is 10.0 Å². The van der Waals surface area contributed by atoms with Gasteiger partial charge in [0.05, 0.1) is 11.8 Å². The molecule has 1 heterocycles. The van der Waals surface area contributed by atoms with Crippen LogP contribution in [0.3, 0.4) is 0 Å². The van der Waals surface area contributed by atoms with Gasteiger partial charge in [-0.25, -0.2) is 17.5 Å². The van der Waals surface area contributed by atoms with E-state index in [1.54, 1.807) is 0 Å². The highest BCUT2D eigenvalue weighted by atomic mass is 32.2. The quantitative estimate of drug-likeness (QED) is 0.882. The van der Waals surface area contributed by atoms with Crippen molar-refractivity contribution in [3.63, 3.8) is 0 Å². The Hall–Kier alpha value is -1.05. The van der Waals surface area contributed by atoms with Crippen molar-refractivity contribution in [1.82, 2.24) is 9.71 Å². The van der Waals surface area contributed by atoms with Crippen molar-refractivity contribution in [2.75, 3.05) is 6.54 Å². The zero-order valence-electron chi connectivity index (χ0n) is 11.3. The number of nitrogens with one attached hydrogen (secondary N) is 1. The van der Waals surface area contributed by atoms with Crippen molar-refractivity contribution in [3.05, 3.63) is 24.3 Å². The van der Waals surface area contributed by atoms with Gasteiger partial charge in [-0.1, -0.05) is 19.8 Å². The first-order valence-electron chi connectivity index (χ1n) is 6.63. The van der Waals surface area contributed by atoms with Gasteiger partial charge in [0, 0.05) is 12.7 Å². The van der Waals surface area contributed by atoms with E-state index in [1.807, 2.05) is 6.92 Å². The van der Waals surface area contributed by atoms with Crippen LogP contribution < -0.4 is 4.72 Å². The van der Waals surface area contributed by atoms with Crippen LogP contribution in [-0.2, 0) is 10.0 Å². The number of rotatable bonds is 4. The molecular weight excluding hydrogens is 283 g/mol. The molecule has 0 amide bonds. The Morgan fingerprint density at radius 2 is 2.30 bits per heavy atom.